The summed E-state index contributed by atoms with van der Waals surface area (Å²) in [6.45, 7) is 13.0. The van der Waals surface area contributed by atoms with Crippen LogP contribution in [-0.4, -0.2) is 13.1 Å². The van der Waals surface area contributed by atoms with Gasteiger partial charge in [-0.3, -0.25) is 0 Å². The minimum Gasteiger partial charge on any atom is -0.460 e. The Morgan fingerprint density at radius 2 is 1.61 bits per heavy atom. The fourth-order valence-electron chi connectivity index (χ4n) is 4.35. The molecule has 0 N–H and O–H groups in total. The van der Waals surface area contributed by atoms with Gasteiger partial charge in [0.1, 0.15) is 24.6 Å². The summed E-state index contributed by atoms with van der Waals surface area (Å²) in [4.78, 5) is 0. The van der Waals surface area contributed by atoms with Crippen LogP contribution in [0.4, 0.5) is 0 Å². The van der Waals surface area contributed by atoms with Crippen LogP contribution in [-0.2, 0) is 18.3 Å². The van der Waals surface area contributed by atoms with E-state index in [1.165, 1.54) is 27.6 Å². The van der Waals surface area contributed by atoms with Gasteiger partial charge in [-0.1, -0.05) is 68.8 Å². The lowest BCUT2D eigenvalue weighted by Crippen LogP contribution is -2.29. The Hall–Kier alpha value is -2.87. The van der Waals surface area contributed by atoms with Crippen LogP contribution >= 0.6 is 0 Å². The van der Waals surface area contributed by atoms with Crippen molar-refractivity contribution >= 4 is 6.08 Å². The molecule has 0 saturated heterocycles. The average Bonchev–Trinajstić information content (AvgIpc) is 3.16. The largest absolute Gasteiger partial charge is 0.460 e. The van der Waals surface area contributed by atoms with E-state index in [2.05, 4.69) is 106 Å². The third-order valence-electron chi connectivity index (χ3n) is 6.21. The highest BCUT2D eigenvalue weighted by Crippen LogP contribution is 2.33. The van der Waals surface area contributed by atoms with Crippen molar-refractivity contribution in [2.75, 3.05) is 13.1 Å². The summed E-state index contributed by atoms with van der Waals surface area (Å²) in [5.41, 5.74) is 6.73. The van der Waals surface area contributed by atoms with Crippen LogP contribution in [0.1, 0.15) is 57.1 Å². The van der Waals surface area contributed by atoms with Crippen LogP contribution in [0.2, 0.25) is 0 Å². The molecule has 0 fully saturated rings. The van der Waals surface area contributed by atoms with Crippen LogP contribution in [0.25, 0.3) is 17.4 Å². The van der Waals surface area contributed by atoms with Gasteiger partial charge in [-0.25, -0.2) is 4.58 Å². The van der Waals surface area contributed by atoms with Crippen molar-refractivity contribution in [3.63, 3.8) is 0 Å². The van der Waals surface area contributed by atoms with E-state index in [0.29, 0.717) is 0 Å². The van der Waals surface area contributed by atoms with Gasteiger partial charge in [-0.2, -0.15) is 0 Å². The van der Waals surface area contributed by atoms with Gasteiger partial charge in [-0.05, 0) is 55.5 Å². The van der Waals surface area contributed by atoms with Crippen molar-refractivity contribution in [2.45, 2.75) is 52.9 Å². The summed E-state index contributed by atoms with van der Waals surface area (Å²) in [5.74, 6) is 1.97. The first-order valence-electron chi connectivity index (χ1n) is 11.5. The van der Waals surface area contributed by atoms with Gasteiger partial charge in [-0.15, -0.1) is 0 Å². The Bertz CT molecular complexity index is 1150. The minimum absolute atomic E-state index is 0.0481. The van der Waals surface area contributed by atoms with Crippen LogP contribution in [0.5, 0.6) is 0 Å². The lowest BCUT2D eigenvalue weighted by Gasteiger charge is -2.20. The molecule has 0 unspecified atom stereocenters. The van der Waals surface area contributed by atoms with Gasteiger partial charge in [0.25, 0.3) is 0 Å². The zero-order valence-corrected chi connectivity index (χ0v) is 19.5. The summed E-state index contributed by atoms with van der Waals surface area (Å²) >= 11 is 0. The number of benzene rings is 2. The fourth-order valence-corrected chi connectivity index (χ4v) is 4.35. The van der Waals surface area contributed by atoms with Crippen molar-refractivity contribution < 1.29 is 4.42 Å². The highest BCUT2D eigenvalue weighted by atomic mass is 16.3. The zero-order valence-electron chi connectivity index (χ0n) is 19.5. The summed E-state index contributed by atoms with van der Waals surface area (Å²) in [5, 5.41) is 1.22. The average molecular weight is 413 g/mol. The highest BCUT2D eigenvalue weighted by Gasteiger charge is 2.21. The molecule has 2 nitrogen and oxygen atoms in total. The maximum Gasteiger partial charge on any atom is 0.203 e. The zero-order chi connectivity index (χ0) is 22.0. The summed E-state index contributed by atoms with van der Waals surface area (Å²) < 4.78 is 8.75. The lowest BCUT2D eigenvalue weighted by atomic mass is 9.90. The molecule has 0 atom stereocenters. The molecule has 2 heteroatoms. The molecule has 1 aromatic rings. The van der Waals surface area contributed by atoms with E-state index < -0.39 is 0 Å². The predicted molar refractivity (Wildman–Crippen MR) is 131 cm³/mol. The first kappa shape index (κ1) is 21.4. The fraction of sp³-hybridized carbons (Fsp3) is 0.345. The molecule has 4 rings (SSSR count). The predicted octanol–water partition coefficient (Wildman–Crippen LogP) is 6.23. The van der Waals surface area contributed by atoms with E-state index in [1.54, 1.807) is 0 Å². The Morgan fingerprint density at radius 1 is 0.935 bits per heavy atom. The monoisotopic (exact) mass is 412 g/mol. The molecule has 160 valence electrons. The van der Waals surface area contributed by atoms with Crippen LogP contribution < -0.4 is 9.93 Å². The van der Waals surface area contributed by atoms with E-state index in [9.17, 15) is 0 Å². The van der Waals surface area contributed by atoms with Gasteiger partial charge in [0, 0.05) is 17.0 Å². The molecule has 1 aliphatic heterocycles. The number of rotatable bonds is 4. The van der Waals surface area contributed by atoms with Crippen LogP contribution in [0.15, 0.2) is 70.7 Å². The molecule has 0 bridgehead atoms. The standard InChI is InChI=1S/C29H34NO/c1-6-30(7-2)25-15-16-26-24(19-28(29(3,4)5)31-27(26)20-25)14-10-11-21-17-22-12-8-9-13-23(22)18-21/h8-16,19-20H,6-7,17-18H2,1-5H3/q+1/b14-10+. The molecule has 0 amide bonds. The molecule has 3 aliphatic rings. The first-order valence-corrected chi connectivity index (χ1v) is 11.5. The SMILES string of the molecule is CC[N+](CC)=c1ccc2c(/C=C/C=C3Cc4ccccc4C3)cc(C(C)(C)C)oc-2c1. The van der Waals surface area contributed by atoms with Crippen LogP contribution in [0, 0.1) is 0 Å². The lowest BCUT2D eigenvalue weighted by molar-refractivity contribution is 0.404. The number of hydrogen-bond acceptors (Lipinski definition) is 1. The maximum absolute atomic E-state index is 6.39. The molecule has 0 spiro atoms. The van der Waals surface area contributed by atoms with Gasteiger partial charge >= 0.3 is 0 Å². The maximum atomic E-state index is 6.39. The van der Waals surface area contributed by atoms with E-state index in [-0.39, 0.29) is 5.41 Å². The molecule has 31 heavy (non-hydrogen) atoms. The molecule has 0 saturated carbocycles. The van der Waals surface area contributed by atoms with E-state index in [0.717, 1.165) is 43.0 Å². The number of hydrogen-bond donors (Lipinski definition) is 0. The normalized spacial score (nSPS) is 13.8. The van der Waals surface area contributed by atoms with Crippen LogP contribution in [0.3, 0.4) is 0 Å². The quantitative estimate of drug-likeness (QED) is 0.464. The third-order valence-corrected chi connectivity index (χ3v) is 6.21. The second kappa shape index (κ2) is 8.70. The molecule has 0 aromatic heterocycles. The molecule has 0 radical (unpaired) electrons. The summed E-state index contributed by atoms with van der Waals surface area (Å²) in [6, 6.07) is 17.6. The molecule has 1 heterocycles. The van der Waals surface area contributed by atoms with Crippen molar-refractivity contribution in [3.05, 3.63) is 94.1 Å². The van der Waals surface area contributed by atoms with Crippen molar-refractivity contribution in [3.8, 4) is 11.3 Å². The second-order valence-corrected chi connectivity index (χ2v) is 9.48. The molecule has 2 aliphatic carbocycles. The Kier molecular flexibility index (Phi) is 6.00. The highest BCUT2D eigenvalue weighted by molar-refractivity contribution is 5.73. The topological polar surface area (TPSA) is 16.1 Å². The minimum atomic E-state index is -0.0481. The third kappa shape index (κ3) is 4.58. The summed E-state index contributed by atoms with van der Waals surface area (Å²) in [6.07, 6.45) is 8.86. The van der Waals surface area contributed by atoms with E-state index in [4.69, 9.17) is 4.42 Å². The molecule has 1 aromatic carbocycles. The van der Waals surface area contributed by atoms with E-state index >= 15 is 0 Å². The number of allylic oxidation sites excluding steroid dienone is 3. The number of fused-ring (bicyclic) bond motifs is 2. The Morgan fingerprint density at radius 3 is 2.23 bits per heavy atom. The Labute approximate surface area is 186 Å². The van der Waals surface area contributed by atoms with Crippen molar-refractivity contribution in [1.29, 1.82) is 0 Å². The first-order chi connectivity index (χ1) is 14.9. The van der Waals surface area contributed by atoms with Gasteiger partial charge < -0.3 is 4.42 Å². The summed E-state index contributed by atoms with van der Waals surface area (Å²) in [7, 11) is 0. The van der Waals surface area contributed by atoms with E-state index in [1.807, 2.05) is 0 Å². The Balaban J connectivity index is 1.74. The van der Waals surface area contributed by atoms with Crippen molar-refractivity contribution in [1.82, 2.24) is 4.58 Å². The van der Waals surface area contributed by atoms with Gasteiger partial charge in [0.05, 0.1) is 6.07 Å². The molecular weight excluding hydrogens is 378 g/mol. The van der Waals surface area contributed by atoms with Gasteiger partial charge in [0.2, 0.25) is 5.36 Å². The van der Waals surface area contributed by atoms with Crippen molar-refractivity contribution in [2.24, 2.45) is 0 Å². The van der Waals surface area contributed by atoms with Gasteiger partial charge in [0.15, 0.2) is 0 Å². The molecular formula is C29H34NO+. The smallest absolute Gasteiger partial charge is 0.203 e. The second-order valence-electron chi connectivity index (χ2n) is 9.48. The number of nitrogens with zero attached hydrogens (tertiary/aromatic N) is 1.